The Balaban J connectivity index is 4.03. The SMILES string of the molecule is CCCCNC(=O)NS(=O)(=O)NC(=O)NCCCC. The first-order valence-electron chi connectivity index (χ1n) is 6.27. The van der Waals surface area contributed by atoms with Gasteiger partial charge in [0.2, 0.25) is 0 Å². The van der Waals surface area contributed by atoms with Gasteiger partial charge in [0.1, 0.15) is 0 Å². The highest BCUT2D eigenvalue weighted by molar-refractivity contribution is 7.88. The molecule has 0 aromatic rings. The molecule has 9 heteroatoms. The van der Waals surface area contributed by atoms with Gasteiger partial charge in [-0.1, -0.05) is 26.7 Å². The third-order valence-electron chi connectivity index (χ3n) is 2.09. The number of hydrogen-bond acceptors (Lipinski definition) is 4. The van der Waals surface area contributed by atoms with Crippen LogP contribution in [0.25, 0.3) is 0 Å². The summed E-state index contributed by atoms with van der Waals surface area (Å²) in [7, 11) is -4.18. The summed E-state index contributed by atoms with van der Waals surface area (Å²) in [5.41, 5.74) is 0. The Morgan fingerprint density at radius 2 is 1.21 bits per heavy atom. The van der Waals surface area contributed by atoms with Crippen molar-refractivity contribution in [2.24, 2.45) is 0 Å². The number of rotatable bonds is 8. The lowest BCUT2D eigenvalue weighted by molar-refractivity contribution is 0.244. The summed E-state index contributed by atoms with van der Waals surface area (Å²) in [5.74, 6) is 0. The molecule has 0 saturated heterocycles. The van der Waals surface area contributed by atoms with Crippen molar-refractivity contribution in [2.45, 2.75) is 39.5 Å². The molecule has 4 N–H and O–H groups in total. The Kier molecular flexibility index (Phi) is 8.68. The molecule has 0 rings (SSSR count). The lowest BCUT2D eigenvalue weighted by Crippen LogP contribution is -2.50. The van der Waals surface area contributed by atoms with Gasteiger partial charge in [-0.05, 0) is 12.8 Å². The van der Waals surface area contributed by atoms with Gasteiger partial charge in [-0.25, -0.2) is 19.0 Å². The van der Waals surface area contributed by atoms with Gasteiger partial charge in [-0.15, -0.1) is 0 Å². The van der Waals surface area contributed by atoms with Crippen LogP contribution >= 0.6 is 0 Å². The molecule has 0 bridgehead atoms. The number of nitrogens with one attached hydrogen (secondary N) is 4. The fourth-order valence-electron chi connectivity index (χ4n) is 1.10. The zero-order valence-electron chi connectivity index (χ0n) is 11.3. The maximum absolute atomic E-state index is 11.4. The average molecular weight is 294 g/mol. The number of carbonyl (C=O) groups is 2. The standard InChI is InChI=1S/C10H22N4O4S/c1-3-5-7-11-9(15)13-19(17,18)14-10(16)12-8-6-4-2/h3-8H2,1-2H3,(H2,11,13,15)(H2,12,14,16). The lowest BCUT2D eigenvalue weighted by atomic mass is 10.3. The smallest absolute Gasteiger partial charge is 0.329 e. The van der Waals surface area contributed by atoms with Crippen LogP contribution in [0, 0.1) is 0 Å². The van der Waals surface area contributed by atoms with Gasteiger partial charge < -0.3 is 10.6 Å². The van der Waals surface area contributed by atoms with Gasteiger partial charge in [0.25, 0.3) is 0 Å². The van der Waals surface area contributed by atoms with E-state index in [1.165, 1.54) is 0 Å². The Bertz CT molecular complexity index is 353. The van der Waals surface area contributed by atoms with Gasteiger partial charge in [-0.3, -0.25) is 0 Å². The first-order valence-corrected chi connectivity index (χ1v) is 7.75. The maximum atomic E-state index is 11.4. The third kappa shape index (κ3) is 10.1. The van der Waals surface area contributed by atoms with Crippen molar-refractivity contribution in [3.05, 3.63) is 0 Å². The van der Waals surface area contributed by atoms with E-state index < -0.39 is 22.3 Å². The van der Waals surface area contributed by atoms with Crippen LogP contribution in [0.5, 0.6) is 0 Å². The molecule has 8 nitrogen and oxygen atoms in total. The highest BCUT2D eigenvalue weighted by Gasteiger charge is 2.16. The quantitative estimate of drug-likeness (QED) is 0.486. The van der Waals surface area contributed by atoms with Crippen LogP contribution in [-0.2, 0) is 10.2 Å². The summed E-state index contributed by atoms with van der Waals surface area (Å²) in [6.45, 7) is 4.64. The Morgan fingerprint density at radius 1 is 0.842 bits per heavy atom. The first kappa shape index (κ1) is 17.5. The molecule has 0 fully saturated rings. The van der Waals surface area contributed by atoms with Crippen molar-refractivity contribution in [2.75, 3.05) is 13.1 Å². The number of amides is 4. The summed E-state index contributed by atoms with van der Waals surface area (Å²) < 4.78 is 26.1. The number of carbonyl (C=O) groups excluding carboxylic acids is 2. The minimum Gasteiger partial charge on any atom is -0.337 e. The Labute approximate surface area is 113 Å². The molecule has 0 saturated carbocycles. The molecular weight excluding hydrogens is 272 g/mol. The zero-order chi connectivity index (χ0) is 14.7. The van der Waals surface area contributed by atoms with E-state index in [2.05, 4.69) is 10.6 Å². The summed E-state index contributed by atoms with van der Waals surface area (Å²) in [4.78, 5) is 22.4. The molecule has 0 unspecified atom stereocenters. The zero-order valence-corrected chi connectivity index (χ0v) is 12.1. The van der Waals surface area contributed by atoms with Crippen molar-refractivity contribution < 1.29 is 18.0 Å². The van der Waals surface area contributed by atoms with Crippen LogP contribution in [0.3, 0.4) is 0 Å². The number of unbranched alkanes of at least 4 members (excludes halogenated alkanes) is 2. The average Bonchev–Trinajstić information content (AvgIpc) is 2.28. The van der Waals surface area contributed by atoms with E-state index in [0.29, 0.717) is 13.1 Å². The fraction of sp³-hybridized carbons (Fsp3) is 0.800. The first-order chi connectivity index (χ1) is 8.91. The number of hydrogen-bond donors (Lipinski definition) is 4. The second-order valence-electron chi connectivity index (χ2n) is 3.93. The normalized spacial score (nSPS) is 10.6. The van der Waals surface area contributed by atoms with E-state index >= 15 is 0 Å². The van der Waals surface area contributed by atoms with Crippen LogP contribution in [-0.4, -0.2) is 33.6 Å². The van der Waals surface area contributed by atoms with Gasteiger partial charge in [0.15, 0.2) is 0 Å². The third-order valence-corrected chi connectivity index (χ3v) is 2.99. The van der Waals surface area contributed by atoms with E-state index in [1.807, 2.05) is 13.8 Å². The molecule has 0 aliphatic rings. The minimum absolute atomic E-state index is 0.376. The van der Waals surface area contributed by atoms with Crippen LogP contribution < -0.4 is 20.1 Å². The van der Waals surface area contributed by atoms with Gasteiger partial charge in [0.05, 0.1) is 0 Å². The second-order valence-corrected chi connectivity index (χ2v) is 5.34. The molecule has 0 radical (unpaired) electrons. The summed E-state index contributed by atoms with van der Waals surface area (Å²) >= 11 is 0. The molecular formula is C10H22N4O4S. The van der Waals surface area contributed by atoms with Crippen molar-refractivity contribution in [1.29, 1.82) is 0 Å². The largest absolute Gasteiger partial charge is 0.337 e. The second kappa shape index (κ2) is 9.42. The Hall–Kier alpha value is -1.51. The van der Waals surface area contributed by atoms with E-state index in [1.54, 1.807) is 9.44 Å². The number of urea groups is 2. The summed E-state index contributed by atoms with van der Waals surface area (Å²) in [6, 6.07) is -1.72. The van der Waals surface area contributed by atoms with Gasteiger partial charge in [-0.2, -0.15) is 8.42 Å². The van der Waals surface area contributed by atoms with E-state index in [0.717, 1.165) is 25.7 Å². The molecule has 112 valence electrons. The highest BCUT2D eigenvalue weighted by Crippen LogP contribution is 1.85. The molecule has 0 atom stereocenters. The molecule has 0 aliphatic heterocycles. The molecule has 4 amide bonds. The van der Waals surface area contributed by atoms with E-state index in [4.69, 9.17) is 0 Å². The Morgan fingerprint density at radius 3 is 1.53 bits per heavy atom. The summed E-state index contributed by atoms with van der Waals surface area (Å²) in [5, 5.41) is 4.73. The summed E-state index contributed by atoms with van der Waals surface area (Å²) in [6.07, 6.45) is 3.26. The molecule has 0 aliphatic carbocycles. The van der Waals surface area contributed by atoms with Gasteiger partial charge in [0, 0.05) is 13.1 Å². The van der Waals surface area contributed by atoms with Crippen LogP contribution in [0.1, 0.15) is 39.5 Å². The minimum atomic E-state index is -4.18. The topological polar surface area (TPSA) is 116 Å². The molecule has 19 heavy (non-hydrogen) atoms. The highest BCUT2D eigenvalue weighted by atomic mass is 32.2. The van der Waals surface area contributed by atoms with Crippen LogP contribution in [0.2, 0.25) is 0 Å². The van der Waals surface area contributed by atoms with E-state index in [-0.39, 0.29) is 0 Å². The predicted octanol–water partition coefficient (Wildman–Crippen LogP) is 0.430. The molecule has 0 aromatic carbocycles. The van der Waals surface area contributed by atoms with Crippen molar-refractivity contribution in [3.8, 4) is 0 Å². The molecule has 0 spiro atoms. The van der Waals surface area contributed by atoms with E-state index in [9.17, 15) is 18.0 Å². The lowest BCUT2D eigenvalue weighted by Gasteiger charge is -2.10. The van der Waals surface area contributed by atoms with Crippen molar-refractivity contribution in [3.63, 3.8) is 0 Å². The van der Waals surface area contributed by atoms with Crippen molar-refractivity contribution in [1.82, 2.24) is 20.1 Å². The molecule has 0 aromatic heterocycles. The van der Waals surface area contributed by atoms with Crippen LogP contribution in [0.15, 0.2) is 0 Å². The van der Waals surface area contributed by atoms with Crippen molar-refractivity contribution >= 4 is 22.3 Å². The maximum Gasteiger partial charge on any atom is 0.329 e. The van der Waals surface area contributed by atoms with Crippen LogP contribution in [0.4, 0.5) is 9.59 Å². The van der Waals surface area contributed by atoms with Gasteiger partial charge >= 0.3 is 22.3 Å². The molecule has 0 heterocycles. The predicted molar refractivity (Wildman–Crippen MR) is 71.8 cm³/mol. The fourth-order valence-corrected chi connectivity index (χ4v) is 1.78. The monoisotopic (exact) mass is 294 g/mol.